The first-order chi connectivity index (χ1) is 5.00. The Balaban J connectivity index is 0. The molecule has 0 bridgehead atoms. The zero-order chi connectivity index (χ0) is 7.07. The van der Waals surface area contributed by atoms with E-state index in [0.29, 0.717) is 0 Å². The van der Waals surface area contributed by atoms with Crippen LogP contribution in [0.3, 0.4) is 0 Å². The zero-order valence-corrected chi connectivity index (χ0v) is 9.99. The summed E-state index contributed by atoms with van der Waals surface area (Å²) >= 11 is 0. The number of allylic oxidation sites excluding steroid dienone is 8. The second kappa shape index (κ2) is 11.2. The summed E-state index contributed by atoms with van der Waals surface area (Å²) in [7, 11) is 0. The van der Waals surface area contributed by atoms with E-state index in [1.807, 2.05) is 24.3 Å². The second-order valence-corrected chi connectivity index (χ2v) is 2.01. The average Bonchev–Trinajstić information content (AvgIpc) is 2.67. The van der Waals surface area contributed by atoms with E-state index >= 15 is 0 Å². The van der Waals surface area contributed by atoms with E-state index in [1.54, 1.807) is 0 Å². The third-order valence-electron chi connectivity index (χ3n) is 1.17. The van der Waals surface area contributed by atoms with Crippen LogP contribution in [0.25, 0.3) is 0 Å². The van der Waals surface area contributed by atoms with Crippen LogP contribution < -0.4 is 0 Å². The fraction of sp³-hybridized carbons (Fsp3) is 0.200. The molecule has 0 spiro atoms. The van der Waals surface area contributed by atoms with E-state index in [0.717, 1.165) is 12.8 Å². The average molecular weight is 317 g/mol. The molecule has 0 atom stereocenters. The summed E-state index contributed by atoms with van der Waals surface area (Å²) in [6.07, 6.45) is 20.0. The van der Waals surface area contributed by atoms with Crippen molar-refractivity contribution >= 4 is 24.0 Å². The van der Waals surface area contributed by atoms with Crippen molar-refractivity contribution in [3.8, 4) is 0 Å². The zero-order valence-electron chi connectivity index (χ0n) is 6.62. The molecule has 0 aliphatic heterocycles. The summed E-state index contributed by atoms with van der Waals surface area (Å²) < 4.78 is 0. The first kappa shape index (κ1) is 14.7. The van der Waals surface area contributed by atoms with Crippen molar-refractivity contribution in [1.29, 1.82) is 0 Å². The van der Waals surface area contributed by atoms with Crippen LogP contribution in [0.5, 0.6) is 0 Å². The largest absolute Gasteiger partial charge is 2.00 e. The maximum absolute atomic E-state index is 2.99. The van der Waals surface area contributed by atoms with E-state index in [9.17, 15) is 0 Å². The van der Waals surface area contributed by atoms with Crippen LogP contribution in [-0.2, 0) is 16.8 Å². The number of hydrogen-bond donors (Lipinski definition) is 0. The minimum Gasteiger partial charge on any atom is -0.273 e. The van der Waals surface area contributed by atoms with Gasteiger partial charge in [-0.1, -0.05) is 0 Å². The summed E-state index contributed by atoms with van der Waals surface area (Å²) in [5.41, 5.74) is 0. The molecule has 0 nitrogen and oxygen atoms in total. The molecule has 2 aliphatic carbocycles. The molecule has 2 rings (SSSR count). The Morgan fingerprint density at radius 1 is 0.833 bits per heavy atom. The molecule has 67 valence electrons. The van der Waals surface area contributed by atoms with Crippen molar-refractivity contribution in [1.82, 2.24) is 0 Å². The van der Waals surface area contributed by atoms with Crippen molar-refractivity contribution in [2.75, 3.05) is 0 Å². The van der Waals surface area contributed by atoms with Crippen LogP contribution in [0.2, 0.25) is 0 Å². The van der Waals surface area contributed by atoms with Gasteiger partial charge in [0.25, 0.3) is 0 Å². The van der Waals surface area contributed by atoms with Gasteiger partial charge in [-0.25, -0.2) is 24.3 Å². The van der Waals surface area contributed by atoms with E-state index in [1.165, 1.54) is 0 Å². The van der Waals surface area contributed by atoms with Gasteiger partial charge in [-0.3, -0.25) is 12.2 Å². The monoisotopic (exact) mass is 317 g/mol. The predicted octanol–water partition coefficient (Wildman–Crippen LogP) is 3.23. The number of halogens is 1. The quantitative estimate of drug-likeness (QED) is 0.475. The van der Waals surface area contributed by atoms with E-state index in [-0.39, 0.29) is 40.8 Å². The molecule has 0 amide bonds. The fourth-order valence-corrected chi connectivity index (χ4v) is 0.680. The van der Waals surface area contributed by atoms with E-state index < -0.39 is 0 Å². The van der Waals surface area contributed by atoms with E-state index in [2.05, 4.69) is 24.3 Å². The van der Waals surface area contributed by atoms with Crippen molar-refractivity contribution in [2.45, 2.75) is 12.8 Å². The normalized spacial score (nSPS) is 14.7. The second-order valence-electron chi connectivity index (χ2n) is 2.01. The van der Waals surface area contributed by atoms with Gasteiger partial charge in [-0.2, -0.15) is 12.2 Å². The Hall–Kier alpha value is 0.196. The van der Waals surface area contributed by atoms with Crippen molar-refractivity contribution in [3.63, 3.8) is 0 Å². The van der Waals surface area contributed by atoms with Crippen molar-refractivity contribution in [2.24, 2.45) is 0 Å². The minimum atomic E-state index is 0. The number of rotatable bonds is 0. The van der Waals surface area contributed by atoms with Gasteiger partial charge in [0.15, 0.2) is 0 Å². The van der Waals surface area contributed by atoms with Gasteiger partial charge >= 0.3 is 16.8 Å². The van der Waals surface area contributed by atoms with Crippen molar-refractivity contribution < 1.29 is 16.8 Å². The summed E-state index contributed by atoms with van der Waals surface area (Å²) in [6, 6.07) is 0. The molecule has 0 heterocycles. The summed E-state index contributed by atoms with van der Waals surface area (Å²) in [5, 5.41) is 0. The van der Waals surface area contributed by atoms with Gasteiger partial charge < -0.3 is 0 Å². The van der Waals surface area contributed by atoms with E-state index in [4.69, 9.17) is 0 Å². The maximum Gasteiger partial charge on any atom is 2.00 e. The van der Waals surface area contributed by atoms with Gasteiger partial charge in [0.2, 0.25) is 0 Å². The SMILES string of the molecule is I.[C-]1=CC=CC1.[C-]1=CC=CC1.[Co+2]. The fourth-order valence-electron chi connectivity index (χ4n) is 0.680. The van der Waals surface area contributed by atoms with Crippen LogP contribution in [-0.4, -0.2) is 0 Å². The topological polar surface area (TPSA) is 0 Å². The molecule has 0 aromatic carbocycles. The van der Waals surface area contributed by atoms with Crippen LogP contribution in [0.15, 0.2) is 36.5 Å². The molecular formula is C10H11CoI. The summed E-state index contributed by atoms with van der Waals surface area (Å²) in [5.74, 6) is 0. The standard InChI is InChI=1S/2C5H5.Co.HI/c2*1-2-4-5-3-1;;/h2*1-3H,4H2;;1H/q2*-1;+2;. The molecule has 0 saturated carbocycles. The van der Waals surface area contributed by atoms with Gasteiger partial charge in [0, 0.05) is 0 Å². The summed E-state index contributed by atoms with van der Waals surface area (Å²) in [4.78, 5) is 0. The molecule has 0 N–H and O–H groups in total. The molecular weight excluding hydrogens is 306 g/mol. The van der Waals surface area contributed by atoms with Crippen LogP contribution in [0.1, 0.15) is 12.8 Å². The van der Waals surface area contributed by atoms with Gasteiger partial charge in [0.1, 0.15) is 0 Å². The Morgan fingerprint density at radius 3 is 1.33 bits per heavy atom. The number of hydrogen-bond acceptors (Lipinski definition) is 0. The van der Waals surface area contributed by atoms with Crippen LogP contribution >= 0.6 is 24.0 Å². The molecule has 0 unspecified atom stereocenters. The van der Waals surface area contributed by atoms with Crippen LogP contribution in [0, 0.1) is 12.2 Å². The molecule has 0 aromatic heterocycles. The molecule has 1 radical (unpaired) electrons. The predicted molar refractivity (Wildman–Crippen MR) is 58.6 cm³/mol. The third-order valence-corrected chi connectivity index (χ3v) is 1.17. The van der Waals surface area contributed by atoms with Crippen molar-refractivity contribution in [3.05, 3.63) is 48.6 Å². The Kier molecular flexibility index (Phi) is 13.7. The Morgan fingerprint density at radius 2 is 1.25 bits per heavy atom. The van der Waals surface area contributed by atoms with Crippen LogP contribution in [0.4, 0.5) is 0 Å². The van der Waals surface area contributed by atoms with Gasteiger partial charge in [-0.05, 0) is 0 Å². The third kappa shape index (κ3) is 8.29. The molecule has 12 heavy (non-hydrogen) atoms. The first-order valence-electron chi connectivity index (χ1n) is 3.43. The van der Waals surface area contributed by atoms with Gasteiger partial charge in [-0.15, -0.1) is 36.8 Å². The molecule has 2 aliphatic rings. The van der Waals surface area contributed by atoms with Gasteiger partial charge in [0.05, 0.1) is 0 Å². The smallest absolute Gasteiger partial charge is 0.273 e. The Labute approximate surface area is 102 Å². The summed E-state index contributed by atoms with van der Waals surface area (Å²) in [6.45, 7) is 0. The Bertz CT molecular complexity index is 148. The molecule has 0 saturated heterocycles. The molecule has 2 heteroatoms. The minimum absolute atomic E-state index is 0. The molecule has 0 aromatic rings. The molecule has 0 fully saturated rings. The maximum atomic E-state index is 2.99. The first-order valence-corrected chi connectivity index (χ1v) is 3.43.